The van der Waals surface area contributed by atoms with Gasteiger partial charge in [-0.15, -0.1) is 11.8 Å². The van der Waals surface area contributed by atoms with Crippen molar-refractivity contribution in [2.24, 2.45) is 11.3 Å². The van der Waals surface area contributed by atoms with Crippen LogP contribution in [0.15, 0.2) is 35.7 Å². The van der Waals surface area contributed by atoms with Crippen LogP contribution < -0.4 is 15.0 Å². The van der Waals surface area contributed by atoms with Gasteiger partial charge in [0, 0.05) is 48.9 Å². The topological polar surface area (TPSA) is 101 Å². The van der Waals surface area contributed by atoms with Crippen molar-refractivity contribution in [3.8, 4) is 5.88 Å². The molecule has 1 N–H and O–H groups in total. The summed E-state index contributed by atoms with van der Waals surface area (Å²) >= 11 is 1.54. The van der Waals surface area contributed by atoms with E-state index in [1.807, 2.05) is 23.3 Å². The van der Waals surface area contributed by atoms with E-state index in [9.17, 15) is 9.59 Å². The van der Waals surface area contributed by atoms with Crippen LogP contribution in [0.5, 0.6) is 5.88 Å². The third-order valence-electron chi connectivity index (χ3n) is 7.32. The third-order valence-corrected chi connectivity index (χ3v) is 8.08. The quantitative estimate of drug-likeness (QED) is 0.628. The molecule has 3 aliphatic rings. The van der Waals surface area contributed by atoms with Crippen molar-refractivity contribution >= 4 is 35.1 Å². The summed E-state index contributed by atoms with van der Waals surface area (Å²) < 4.78 is 5.21. The molecule has 180 valence electrons. The minimum Gasteiger partial charge on any atom is -0.481 e. The smallest absolute Gasteiger partial charge is 0.247 e. The number of methoxy groups -OCH3 is 1. The first-order valence-corrected chi connectivity index (χ1v) is 12.9. The molecule has 1 saturated carbocycles. The molecule has 2 aromatic heterocycles. The Morgan fingerprint density at radius 2 is 2.03 bits per heavy atom. The van der Waals surface area contributed by atoms with E-state index in [4.69, 9.17) is 4.74 Å². The van der Waals surface area contributed by atoms with Gasteiger partial charge in [-0.05, 0) is 49.8 Å². The highest BCUT2D eigenvalue weighted by molar-refractivity contribution is 7.98. The zero-order valence-electron chi connectivity index (χ0n) is 19.6. The molecule has 0 bridgehead atoms. The number of hydrogen-bond acceptors (Lipinski definition) is 8. The highest BCUT2D eigenvalue weighted by Crippen LogP contribution is 2.55. The van der Waals surface area contributed by atoms with Crippen molar-refractivity contribution in [3.63, 3.8) is 0 Å². The monoisotopic (exact) mass is 482 g/mol. The van der Waals surface area contributed by atoms with Gasteiger partial charge < -0.3 is 19.9 Å². The number of aromatic nitrogens is 3. The highest BCUT2D eigenvalue weighted by Gasteiger charge is 2.55. The van der Waals surface area contributed by atoms with Crippen LogP contribution in [-0.4, -0.2) is 70.7 Å². The van der Waals surface area contributed by atoms with Crippen LogP contribution >= 0.6 is 11.8 Å². The predicted molar refractivity (Wildman–Crippen MR) is 130 cm³/mol. The Morgan fingerprint density at radius 1 is 1.24 bits per heavy atom. The Hall–Kier alpha value is -2.88. The molecule has 1 spiro atoms. The molecule has 0 radical (unpaired) electrons. The molecule has 0 aromatic carbocycles. The molecular weight excluding hydrogens is 452 g/mol. The zero-order valence-corrected chi connectivity index (χ0v) is 20.4. The molecule has 1 aliphatic carbocycles. The minimum atomic E-state index is -0.415. The normalized spacial score (nSPS) is 21.5. The fourth-order valence-electron chi connectivity index (χ4n) is 5.13. The molecule has 2 saturated heterocycles. The summed E-state index contributed by atoms with van der Waals surface area (Å²) in [4.78, 5) is 44.5. The van der Waals surface area contributed by atoms with Crippen LogP contribution in [0.2, 0.25) is 0 Å². The standard InChI is InChI=1S/C24H30N6O3S/c1-33-21-11-20(26-15-27-21)29-9-4-16(5-10-29)23(32)30-14-24(6-7-24)12-18(30)22(31)28-17-3-8-25-13-19(17)34-2/h3,8,11,13,15-16,18H,4-7,9-10,12,14H2,1-2H3,(H,25,28,31)/t18-/m1/s1. The first-order valence-electron chi connectivity index (χ1n) is 11.7. The SMILES string of the molecule is COc1cc(N2CCC(C(=O)N3CC4(CC4)C[C@@H]3C(=O)Nc3ccncc3SC)CC2)ncn1. The first-order chi connectivity index (χ1) is 16.5. The summed E-state index contributed by atoms with van der Waals surface area (Å²) in [6, 6.07) is 3.22. The van der Waals surface area contributed by atoms with Gasteiger partial charge in [0.15, 0.2) is 0 Å². The Kier molecular flexibility index (Phi) is 6.33. The van der Waals surface area contributed by atoms with Crippen molar-refractivity contribution in [1.29, 1.82) is 0 Å². The number of nitrogens with zero attached hydrogens (tertiary/aromatic N) is 5. The average molecular weight is 483 g/mol. The molecule has 3 fully saturated rings. The molecule has 4 heterocycles. The van der Waals surface area contributed by atoms with E-state index in [0.717, 1.165) is 61.6 Å². The van der Waals surface area contributed by atoms with E-state index in [-0.39, 0.29) is 23.1 Å². The summed E-state index contributed by atoms with van der Waals surface area (Å²) in [5, 5.41) is 3.07. The lowest BCUT2D eigenvalue weighted by atomic mass is 9.95. The maximum atomic E-state index is 13.6. The van der Waals surface area contributed by atoms with E-state index in [0.29, 0.717) is 12.4 Å². The molecule has 0 unspecified atom stereocenters. The number of amides is 2. The summed E-state index contributed by atoms with van der Waals surface area (Å²) in [6.07, 6.45) is 11.3. The van der Waals surface area contributed by atoms with Gasteiger partial charge >= 0.3 is 0 Å². The molecule has 2 amide bonds. The van der Waals surface area contributed by atoms with Crippen molar-refractivity contribution < 1.29 is 14.3 Å². The number of thioether (sulfide) groups is 1. The Labute approximate surface area is 203 Å². The van der Waals surface area contributed by atoms with Gasteiger partial charge in [-0.2, -0.15) is 0 Å². The van der Waals surface area contributed by atoms with E-state index in [2.05, 4.69) is 25.2 Å². The van der Waals surface area contributed by atoms with E-state index < -0.39 is 6.04 Å². The van der Waals surface area contributed by atoms with Gasteiger partial charge in [0.05, 0.1) is 12.8 Å². The maximum Gasteiger partial charge on any atom is 0.247 e. The molecule has 9 nitrogen and oxygen atoms in total. The highest BCUT2D eigenvalue weighted by atomic mass is 32.2. The fraction of sp³-hybridized carbons (Fsp3) is 0.542. The molecule has 2 aromatic rings. The Balaban J connectivity index is 1.25. The Bertz CT molecular complexity index is 1070. The van der Waals surface area contributed by atoms with Crippen molar-refractivity contribution in [1.82, 2.24) is 19.9 Å². The molecular formula is C24H30N6O3S. The Morgan fingerprint density at radius 3 is 2.74 bits per heavy atom. The van der Waals surface area contributed by atoms with Crippen molar-refractivity contribution in [3.05, 3.63) is 30.9 Å². The lowest BCUT2D eigenvalue weighted by Crippen LogP contribution is -2.48. The number of likely N-dealkylation sites (tertiary alicyclic amines) is 1. The van der Waals surface area contributed by atoms with Crippen molar-refractivity contribution in [2.45, 2.75) is 43.0 Å². The van der Waals surface area contributed by atoms with Gasteiger partial charge in [-0.25, -0.2) is 9.97 Å². The number of piperidine rings is 1. The zero-order chi connectivity index (χ0) is 23.7. The number of nitrogens with one attached hydrogen (secondary N) is 1. The second kappa shape index (κ2) is 9.40. The van der Waals surface area contributed by atoms with Gasteiger partial charge in [-0.3, -0.25) is 14.6 Å². The molecule has 2 aliphatic heterocycles. The van der Waals surface area contributed by atoms with Crippen LogP contribution in [-0.2, 0) is 9.59 Å². The van der Waals surface area contributed by atoms with Crippen LogP contribution in [0.3, 0.4) is 0 Å². The number of rotatable bonds is 6. The number of carbonyl (C=O) groups excluding carboxylic acids is 2. The molecule has 10 heteroatoms. The van der Waals surface area contributed by atoms with Crippen molar-refractivity contribution in [2.75, 3.05) is 43.2 Å². The number of anilines is 2. The maximum absolute atomic E-state index is 13.6. The van der Waals surface area contributed by atoms with Crippen LogP contribution in [0.1, 0.15) is 32.1 Å². The third kappa shape index (κ3) is 4.55. The van der Waals surface area contributed by atoms with E-state index in [1.165, 1.54) is 6.33 Å². The lowest BCUT2D eigenvalue weighted by Gasteiger charge is -2.35. The fourth-order valence-corrected chi connectivity index (χ4v) is 5.63. The summed E-state index contributed by atoms with van der Waals surface area (Å²) in [7, 11) is 1.59. The molecule has 34 heavy (non-hydrogen) atoms. The lowest BCUT2D eigenvalue weighted by molar-refractivity contribution is -0.140. The van der Waals surface area contributed by atoms with E-state index >= 15 is 0 Å². The minimum absolute atomic E-state index is 0.0770. The summed E-state index contributed by atoms with van der Waals surface area (Å²) in [5.41, 5.74) is 0.890. The van der Waals surface area contributed by atoms with E-state index in [1.54, 1.807) is 31.3 Å². The molecule has 1 atom stereocenters. The van der Waals surface area contributed by atoms with Crippen LogP contribution in [0, 0.1) is 11.3 Å². The number of hydrogen-bond donors (Lipinski definition) is 1. The van der Waals surface area contributed by atoms with Gasteiger partial charge in [0.2, 0.25) is 17.7 Å². The van der Waals surface area contributed by atoms with Gasteiger partial charge in [0.1, 0.15) is 18.2 Å². The first kappa shape index (κ1) is 22.9. The van der Waals surface area contributed by atoms with Gasteiger partial charge in [-0.1, -0.05) is 0 Å². The number of pyridine rings is 1. The average Bonchev–Trinajstić information content (AvgIpc) is 3.53. The summed E-state index contributed by atoms with van der Waals surface area (Å²) in [6.45, 7) is 2.17. The largest absolute Gasteiger partial charge is 0.481 e. The van der Waals surface area contributed by atoms with Gasteiger partial charge in [0.25, 0.3) is 0 Å². The number of ether oxygens (including phenoxy) is 1. The second-order valence-corrected chi connectivity index (χ2v) is 10.3. The second-order valence-electron chi connectivity index (χ2n) is 9.43. The number of carbonyl (C=O) groups is 2. The molecule has 5 rings (SSSR count). The van der Waals surface area contributed by atoms with Crippen LogP contribution in [0.4, 0.5) is 11.5 Å². The summed E-state index contributed by atoms with van der Waals surface area (Å²) in [5.74, 6) is 1.29. The predicted octanol–water partition coefficient (Wildman–Crippen LogP) is 2.84. The van der Waals surface area contributed by atoms with Crippen LogP contribution in [0.25, 0.3) is 0 Å².